The molecule has 4 nitrogen and oxygen atoms in total. The molecule has 0 bridgehead atoms. The molecule has 1 amide bonds. The second-order valence-electron chi connectivity index (χ2n) is 4.34. The van der Waals surface area contributed by atoms with Crippen molar-refractivity contribution < 1.29 is 9.53 Å². The number of amides is 1. The average Bonchev–Trinajstić information content (AvgIpc) is 2.67. The highest BCUT2D eigenvalue weighted by Gasteiger charge is 2.29. The van der Waals surface area contributed by atoms with Crippen molar-refractivity contribution in [3.63, 3.8) is 0 Å². The summed E-state index contributed by atoms with van der Waals surface area (Å²) in [6.07, 6.45) is 2.66. The Kier molecular flexibility index (Phi) is 4.77. The second kappa shape index (κ2) is 6.37. The van der Waals surface area contributed by atoms with E-state index in [-0.39, 0.29) is 5.91 Å². The minimum absolute atomic E-state index is 0.0798. The highest BCUT2D eigenvalue weighted by Crippen LogP contribution is 2.26. The molecule has 0 aliphatic carbocycles. The zero-order valence-corrected chi connectivity index (χ0v) is 13.7. The first kappa shape index (κ1) is 15.0. The number of carbonyl (C=O) groups is 1. The summed E-state index contributed by atoms with van der Waals surface area (Å²) >= 11 is 8.59. The van der Waals surface area contributed by atoms with E-state index in [1.165, 1.54) is 0 Å². The maximum atomic E-state index is 12.2. The van der Waals surface area contributed by atoms with Crippen LogP contribution in [0.2, 0.25) is 0 Å². The van der Waals surface area contributed by atoms with Crippen LogP contribution in [0.5, 0.6) is 5.75 Å². The van der Waals surface area contributed by atoms with E-state index >= 15 is 0 Å². The van der Waals surface area contributed by atoms with Crippen LogP contribution >= 0.6 is 28.1 Å². The van der Waals surface area contributed by atoms with E-state index in [0.29, 0.717) is 17.4 Å². The van der Waals surface area contributed by atoms with Gasteiger partial charge in [-0.15, -0.1) is 0 Å². The van der Waals surface area contributed by atoms with Crippen LogP contribution in [-0.4, -0.2) is 29.6 Å². The molecule has 1 fully saturated rings. The summed E-state index contributed by atoms with van der Waals surface area (Å²) in [6, 6.07) is 5.63. The zero-order chi connectivity index (χ0) is 14.7. The van der Waals surface area contributed by atoms with E-state index in [9.17, 15) is 4.79 Å². The Morgan fingerprint density at radius 3 is 2.85 bits per heavy atom. The lowest BCUT2D eigenvalue weighted by molar-refractivity contribution is -0.122. The van der Waals surface area contributed by atoms with Crippen LogP contribution in [-0.2, 0) is 4.79 Å². The first-order valence-corrected chi connectivity index (χ1v) is 7.45. The number of ether oxygens (including phenoxy) is 1. The van der Waals surface area contributed by atoms with Gasteiger partial charge in [-0.3, -0.25) is 9.69 Å². The van der Waals surface area contributed by atoms with Crippen molar-refractivity contribution >= 4 is 45.2 Å². The third kappa shape index (κ3) is 3.02. The molecule has 1 aromatic carbocycles. The first-order chi connectivity index (χ1) is 9.56. The Labute approximate surface area is 131 Å². The largest absolute Gasteiger partial charge is 0.496 e. The van der Waals surface area contributed by atoms with Crippen molar-refractivity contribution in [2.24, 2.45) is 0 Å². The maximum absolute atomic E-state index is 12.2. The summed E-state index contributed by atoms with van der Waals surface area (Å²) in [6.45, 7) is 2.65. The SMILES string of the molecule is CCCN1C(=O)/C(=C/c2ccc(OC)c(Br)c2)NC1=S. The number of halogens is 1. The molecule has 0 spiro atoms. The highest BCUT2D eigenvalue weighted by molar-refractivity contribution is 9.10. The van der Waals surface area contributed by atoms with Crippen LogP contribution in [0.1, 0.15) is 18.9 Å². The number of carbonyl (C=O) groups excluding carboxylic acids is 1. The zero-order valence-electron chi connectivity index (χ0n) is 11.3. The number of benzene rings is 1. The second-order valence-corrected chi connectivity index (χ2v) is 5.58. The standard InChI is InChI=1S/C14H15BrN2O2S/c1-3-6-17-13(18)11(16-14(17)20)8-9-4-5-12(19-2)10(15)7-9/h4-5,7-8H,3,6H2,1-2H3,(H,16,20)/b11-8-. The molecule has 0 atom stereocenters. The number of methoxy groups -OCH3 is 1. The van der Waals surface area contributed by atoms with E-state index in [1.54, 1.807) is 18.1 Å². The van der Waals surface area contributed by atoms with Crippen molar-refractivity contribution in [1.82, 2.24) is 10.2 Å². The van der Waals surface area contributed by atoms with Crippen molar-refractivity contribution in [2.45, 2.75) is 13.3 Å². The van der Waals surface area contributed by atoms with E-state index < -0.39 is 0 Å². The predicted octanol–water partition coefficient (Wildman–Crippen LogP) is 2.93. The fraction of sp³-hybridized carbons (Fsp3) is 0.286. The number of nitrogens with one attached hydrogen (secondary N) is 1. The summed E-state index contributed by atoms with van der Waals surface area (Å²) in [5, 5.41) is 3.43. The third-order valence-corrected chi connectivity index (χ3v) is 3.84. The Balaban J connectivity index is 2.26. The topological polar surface area (TPSA) is 41.6 Å². The van der Waals surface area contributed by atoms with Gasteiger partial charge in [-0.25, -0.2) is 0 Å². The molecule has 1 aliphatic heterocycles. The number of nitrogens with zero attached hydrogens (tertiary/aromatic N) is 1. The van der Waals surface area contributed by atoms with Gasteiger partial charge in [-0.1, -0.05) is 13.0 Å². The summed E-state index contributed by atoms with van der Waals surface area (Å²) in [4.78, 5) is 13.8. The summed E-state index contributed by atoms with van der Waals surface area (Å²) in [5.41, 5.74) is 1.40. The molecular formula is C14H15BrN2O2S. The molecule has 0 aromatic heterocycles. The van der Waals surface area contributed by atoms with Gasteiger partial charge in [0.2, 0.25) is 0 Å². The normalized spacial score (nSPS) is 16.8. The smallest absolute Gasteiger partial charge is 0.276 e. The first-order valence-electron chi connectivity index (χ1n) is 6.25. The lowest BCUT2D eigenvalue weighted by Crippen LogP contribution is -2.31. The van der Waals surface area contributed by atoms with Crippen LogP contribution in [0.25, 0.3) is 6.08 Å². The van der Waals surface area contributed by atoms with Gasteiger partial charge in [0.25, 0.3) is 5.91 Å². The minimum Gasteiger partial charge on any atom is -0.496 e. The highest BCUT2D eigenvalue weighted by atomic mass is 79.9. The molecule has 1 N–H and O–H groups in total. The van der Waals surface area contributed by atoms with Gasteiger partial charge in [0.1, 0.15) is 11.4 Å². The van der Waals surface area contributed by atoms with Crippen molar-refractivity contribution in [2.75, 3.05) is 13.7 Å². The molecule has 1 saturated heterocycles. The molecule has 2 rings (SSSR count). The molecule has 1 heterocycles. The van der Waals surface area contributed by atoms with Crippen LogP contribution < -0.4 is 10.1 Å². The van der Waals surface area contributed by atoms with Gasteiger partial charge in [0, 0.05) is 6.54 Å². The average molecular weight is 355 g/mol. The van der Waals surface area contributed by atoms with Crippen molar-refractivity contribution in [3.05, 3.63) is 33.9 Å². The molecule has 0 saturated carbocycles. The molecule has 106 valence electrons. The van der Waals surface area contributed by atoms with Crippen LogP contribution in [0.15, 0.2) is 28.4 Å². The van der Waals surface area contributed by atoms with E-state index in [0.717, 1.165) is 22.2 Å². The Hall–Kier alpha value is -1.40. The molecule has 1 aliphatic rings. The van der Waals surface area contributed by atoms with Gasteiger partial charge in [-0.05, 0) is 58.3 Å². The van der Waals surface area contributed by atoms with Gasteiger partial charge in [0.15, 0.2) is 5.11 Å². The number of thiocarbonyl (C=S) groups is 1. The number of hydrogen-bond acceptors (Lipinski definition) is 3. The van der Waals surface area contributed by atoms with Crippen LogP contribution in [0.3, 0.4) is 0 Å². The molecule has 0 radical (unpaired) electrons. The van der Waals surface area contributed by atoms with Crippen LogP contribution in [0, 0.1) is 0 Å². The van der Waals surface area contributed by atoms with Gasteiger partial charge < -0.3 is 10.1 Å². The lowest BCUT2D eigenvalue weighted by atomic mass is 10.2. The molecule has 20 heavy (non-hydrogen) atoms. The third-order valence-electron chi connectivity index (χ3n) is 2.90. The fourth-order valence-electron chi connectivity index (χ4n) is 1.94. The van der Waals surface area contributed by atoms with Gasteiger partial charge >= 0.3 is 0 Å². The lowest BCUT2D eigenvalue weighted by Gasteiger charge is -2.11. The van der Waals surface area contributed by atoms with E-state index in [2.05, 4.69) is 21.2 Å². The van der Waals surface area contributed by atoms with E-state index in [4.69, 9.17) is 17.0 Å². The predicted molar refractivity (Wildman–Crippen MR) is 86.4 cm³/mol. The van der Waals surface area contributed by atoms with E-state index in [1.807, 2.05) is 25.1 Å². The quantitative estimate of drug-likeness (QED) is 0.666. The molecule has 0 unspecified atom stereocenters. The van der Waals surface area contributed by atoms with Crippen molar-refractivity contribution in [3.8, 4) is 5.75 Å². The van der Waals surface area contributed by atoms with Crippen LogP contribution in [0.4, 0.5) is 0 Å². The summed E-state index contributed by atoms with van der Waals surface area (Å²) < 4.78 is 6.02. The Morgan fingerprint density at radius 1 is 1.50 bits per heavy atom. The Morgan fingerprint density at radius 2 is 2.25 bits per heavy atom. The summed E-state index contributed by atoms with van der Waals surface area (Å²) in [5.74, 6) is 0.671. The van der Waals surface area contributed by atoms with Gasteiger partial charge in [-0.2, -0.15) is 0 Å². The number of hydrogen-bond donors (Lipinski definition) is 1. The monoisotopic (exact) mass is 354 g/mol. The van der Waals surface area contributed by atoms with Crippen molar-refractivity contribution in [1.29, 1.82) is 0 Å². The Bertz CT molecular complexity index is 587. The minimum atomic E-state index is -0.0798. The molecule has 1 aromatic rings. The summed E-state index contributed by atoms with van der Waals surface area (Å²) in [7, 11) is 1.61. The van der Waals surface area contributed by atoms with Gasteiger partial charge in [0.05, 0.1) is 11.6 Å². The maximum Gasteiger partial charge on any atom is 0.276 e. The molecule has 6 heteroatoms. The molecular weight excluding hydrogens is 340 g/mol. The number of rotatable bonds is 4. The fourth-order valence-corrected chi connectivity index (χ4v) is 2.78.